The van der Waals surface area contributed by atoms with Crippen LogP contribution in [0.25, 0.3) is 0 Å². The van der Waals surface area contributed by atoms with Crippen molar-refractivity contribution < 1.29 is 4.79 Å². The van der Waals surface area contributed by atoms with Crippen LogP contribution in [0.4, 0.5) is 5.69 Å². The molecule has 1 atom stereocenters. The van der Waals surface area contributed by atoms with E-state index in [1.165, 1.54) is 0 Å². The van der Waals surface area contributed by atoms with Gasteiger partial charge in [-0.1, -0.05) is 0 Å². The molecule has 0 saturated carbocycles. The number of hydrogen-bond acceptors (Lipinski definition) is 5. The summed E-state index contributed by atoms with van der Waals surface area (Å²) in [4.78, 5) is 18.3. The average Bonchev–Trinajstić information content (AvgIpc) is 2.46. The van der Waals surface area contributed by atoms with Gasteiger partial charge in [0.2, 0.25) is 0 Å². The number of rotatable bonds is 5. The molecule has 1 aromatic carbocycles. The Morgan fingerprint density at radius 2 is 1.95 bits per heavy atom. The largest absolute Gasteiger partial charge is 0.378 e. The van der Waals surface area contributed by atoms with E-state index in [0.29, 0.717) is 0 Å². The molecule has 1 aromatic rings. The fourth-order valence-corrected chi connectivity index (χ4v) is 2.40. The Bertz CT molecular complexity index is 498. The molecular formula is C14H20N4OS. The summed E-state index contributed by atoms with van der Waals surface area (Å²) in [6.45, 7) is 0. The van der Waals surface area contributed by atoms with Crippen LogP contribution in [0.3, 0.4) is 0 Å². The number of thioether (sulfide) groups is 1. The average molecular weight is 292 g/mol. The molecule has 0 radical (unpaired) electrons. The molecular weight excluding hydrogens is 272 g/mol. The number of carbonyl (C=O) groups excluding carboxylic acids is 1. The molecule has 6 heteroatoms. The predicted octanol–water partition coefficient (Wildman–Crippen LogP) is 1.26. The summed E-state index contributed by atoms with van der Waals surface area (Å²) in [7, 11) is 4.01. The molecule has 5 nitrogen and oxygen atoms in total. The van der Waals surface area contributed by atoms with Gasteiger partial charge in [0.05, 0.1) is 0 Å². The molecule has 1 aliphatic rings. The highest BCUT2D eigenvalue weighted by Crippen LogP contribution is 2.14. The Morgan fingerprint density at radius 1 is 1.25 bits per heavy atom. The van der Waals surface area contributed by atoms with E-state index in [9.17, 15) is 4.79 Å². The van der Waals surface area contributed by atoms with E-state index in [4.69, 9.17) is 0 Å². The lowest BCUT2D eigenvalue weighted by atomic mass is 10.1. The lowest BCUT2D eigenvalue weighted by molar-refractivity contribution is -0.123. The molecule has 0 bridgehead atoms. The van der Waals surface area contributed by atoms with Gasteiger partial charge in [-0.15, -0.1) is 0 Å². The minimum absolute atomic E-state index is 0.0623. The highest BCUT2D eigenvalue weighted by atomic mass is 32.2. The van der Waals surface area contributed by atoms with Crippen LogP contribution < -0.4 is 15.8 Å². The van der Waals surface area contributed by atoms with E-state index in [0.717, 1.165) is 29.3 Å². The normalized spacial score (nSPS) is 18.1. The van der Waals surface area contributed by atoms with Crippen LogP contribution in [0.1, 0.15) is 12.0 Å². The highest BCUT2D eigenvalue weighted by molar-refractivity contribution is 7.98. The van der Waals surface area contributed by atoms with E-state index in [2.05, 4.69) is 15.8 Å². The van der Waals surface area contributed by atoms with Crippen molar-refractivity contribution >= 4 is 29.2 Å². The smallest absolute Gasteiger partial charge is 0.263 e. The zero-order valence-corrected chi connectivity index (χ0v) is 12.8. The van der Waals surface area contributed by atoms with Gasteiger partial charge < -0.3 is 4.90 Å². The summed E-state index contributed by atoms with van der Waals surface area (Å²) in [6.07, 6.45) is 2.79. The van der Waals surface area contributed by atoms with E-state index < -0.39 is 0 Å². The maximum absolute atomic E-state index is 11.7. The highest BCUT2D eigenvalue weighted by Gasteiger charge is 2.23. The van der Waals surface area contributed by atoms with Crippen molar-refractivity contribution in [1.82, 2.24) is 10.9 Å². The van der Waals surface area contributed by atoms with Crippen molar-refractivity contribution in [1.29, 1.82) is 0 Å². The Labute approximate surface area is 123 Å². The Hall–Kier alpha value is -1.69. The molecule has 20 heavy (non-hydrogen) atoms. The van der Waals surface area contributed by atoms with Gasteiger partial charge in [0.25, 0.3) is 5.91 Å². The van der Waals surface area contributed by atoms with E-state index >= 15 is 0 Å². The number of benzene rings is 1. The topological polar surface area (TPSA) is 56.7 Å². The summed E-state index contributed by atoms with van der Waals surface area (Å²) >= 11 is 1.72. The van der Waals surface area contributed by atoms with Crippen LogP contribution in [-0.4, -0.2) is 43.9 Å². The molecule has 1 aliphatic heterocycles. The summed E-state index contributed by atoms with van der Waals surface area (Å²) in [6, 6.07) is 7.78. The number of nitrogens with one attached hydrogen (secondary N) is 2. The van der Waals surface area contributed by atoms with Gasteiger partial charge in [-0.25, -0.2) is 0 Å². The van der Waals surface area contributed by atoms with Gasteiger partial charge in [0, 0.05) is 25.3 Å². The maximum atomic E-state index is 11.7. The van der Waals surface area contributed by atoms with Crippen molar-refractivity contribution in [3.63, 3.8) is 0 Å². The van der Waals surface area contributed by atoms with E-state index in [-0.39, 0.29) is 11.9 Å². The fourth-order valence-electron chi connectivity index (χ4n) is 1.94. The first-order valence-electron chi connectivity index (χ1n) is 6.52. The molecule has 1 amide bonds. The molecule has 108 valence electrons. The van der Waals surface area contributed by atoms with Gasteiger partial charge in [-0.3, -0.25) is 20.6 Å². The maximum Gasteiger partial charge on any atom is 0.263 e. The lowest BCUT2D eigenvalue weighted by Gasteiger charge is -2.22. The minimum atomic E-state index is -0.299. The molecule has 0 saturated heterocycles. The van der Waals surface area contributed by atoms with Gasteiger partial charge in [0.15, 0.2) is 0 Å². The fraction of sp³-hybridized carbons (Fsp3) is 0.429. The van der Waals surface area contributed by atoms with E-state index in [1.807, 2.05) is 49.5 Å². The molecule has 1 unspecified atom stereocenters. The van der Waals surface area contributed by atoms with Crippen molar-refractivity contribution in [2.24, 2.45) is 4.99 Å². The lowest BCUT2D eigenvalue weighted by Crippen LogP contribution is -2.51. The molecule has 0 spiro atoms. The first kappa shape index (κ1) is 14.7. The van der Waals surface area contributed by atoms with Crippen LogP contribution in [0.2, 0.25) is 0 Å². The van der Waals surface area contributed by atoms with Gasteiger partial charge in [0.1, 0.15) is 11.9 Å². The van der Waals surface area contributed by atoms with Crippen LogP contribution >= 0.6 is 11.8 Å². The van der Waals surface area contributed by atoms with Gasteiger partial charge >= 0.3 is 0 Å². The Morgan fingerprint density at radius 3 is 2.55 bits per heavy atom. The molecule has 2 N–H and O–H groups in total. The quantitative estimate of drug-likeness (QED) is 0.858. The second kappa shape index (κ2) is 6.65. The summed E-state index contributed by atoms with van der Waals surface area (Å²) in [5.41, 5.74) is 7.67. The number of aliphatic imine (C=N–C) groups is 1. The number of anilines is 1. The summed E-state index contributed by atoms with van der Waals surface area (Å²) in [5, 5.41) is 0. The van der Waals surface area contributed by atoms with Crippen LogP contribution in [-0.2, 0) is 4.79 Å². The third kappa shape index (κ3) is 3.45. The Balaban J connectivity index is 2.16. The van der Waals surface area contributed by atoms with Crippen LogP contribution in [0, 0.1) is 0 Å². The zero-order chi connectivity index (χ0) is 14.5. The first-order valence-corrected chi connectivity index (χ1v) is 7.91. The minimum Gasteiger partial charge on any atom is -0.378 e. The van der Waals surface area contributed by atoms with Crippen molar-refractivity contribution in [3.05, 3.63) is 29.8 Å². The number of hydrogen-bond donors (Lipinski definition) is 2. The molecule has 0 fully saturated rings. The summed E-state index contributed by atoms with van der Waals surface area (Å²) < 4.78 is 0. The monoisotopic (exact) mass is 292 g/mol. The third-order valence-electron chi connectivity index (χ3n) is 3.14. The van der Waals surface area contributed by atoms with Crippen molar-refractivity contribution in [2.45, 2.75) is 12.5 Å². The summed E-state index contributed by atoms with van der Waals surface area (Å²) in [5.74, 6) is 1.59. The van der Waals surface area contributed by atoms with E-state index in [1.54, 1.807) is 11.8 Å². The third-order valence-corrected chi connectivity index (χ3v) is 3.79. The molecule has 2 rings (SSSR count). The molecule has 0 aromatic heterocycles. The number of amides is 1. The predicted molar refractivity (Wildman–Crippen MR) is 85.4 cm³/mol. The van der Waals surface area contributed by atoms with Gasteiger partial charge in [-0.2, -0.15) is 11.8 Å². The number of hydrazine groups is 1. The second-order valence-corrected chi connectivity index (χ2v) is 5.82. The van der Waals surface area contributed by atoms with Crippen LogP contribution in [0.15, 0.2) is 29.3 Å². The van der Waals surface area contributed by atoms with Crippen LogP contribution in [0.5, 0.6) is 0 Å². The van der Waals surface area contributed by atoms with Crippen molar-refractivity contribution in [2.75, 3.05) is 31.0 Å². The number of carbonyl (C=O) groups is 1. The molecule has 1 heterocycles. The number of amidine groups is 1. The van der Waals surface area contributed by atoms with Gasteiger partial charge in [-0.05, 0) is 42.7 Å². The number of nitrogens with zero attached hydrogens (tertiary/aromatic N) is 2. The zero-order valence-electron chi connectivity index (χ0n) is 12.0. The second-order valence-electron chi connectivity index (χ2n) is 4.83. The standard InChI is InChI=1S/C14H20N4OS/c1-18(2)11-6-4-10(5-7-11)13-15-12(8-9-20-3)14(19)17-16-13/h4-7,12H,8-9H2,1-3H3,(H,15,16)(H,17,19). The van der Waals surface area contributed by atoms with Crippen molar-refractivity contribution in [3.8, 4) is 0 Å². The first-order chi connectivity index (χ1) is 9.61. The SMILES string of the molecule is CSCCC1N=C(c2ccc(N(C)C)cc2)NNC1=O. The Kier molecular flexibility index (Phi) is 4.89. The molecule has 0 aliphatic carbocycles.